The fourth-order valence-electron chi connectivity index (χ4n) is 1.02. The molecule has 0 amide bonds. The lowest BCUT2D eigenvalue weighted by Crippen LogP contribution is -2.18. The van der Waals surface area contributed by atoms with Crippen LogP contribution in [0.2, 0.25) is 0 Å². The second-order valence-corrected chi connectivity index (χ2v) is 3.40. The molecule has 0 bridgehead atoms. The Morgan fingerprint density at radius 2 is 2.31 bits per heavy atom. The molecule has 0 saturated heterocycles. The topological polar surface area (TPSA) is 49.0 Å². The first kappa shape index (κ1) is 9.82. The Labute approximate surface area is 78.4 Å². The van der Waals surface area contributed by atoms with Crippen molar-refractivity contribution < 1.29 is 4.42 Å². The van der Waals surface area contributed by atoms with Crippen molar-refractivity contribution >= 4 is 0 Å². The van der Waals surface area contributed by atoms with E-state index >= 15 is 0 Å². The van der Waals surface area contributed by atoms with Crippen molar-refractivity contribution in [3.8, 4) is 6.07 Å². The smallest absolute Gasteiger partial charge is 0.203 e. The van der Waals surface area contributed by atoms with Gasteiger partial charge in [-0.3, -0.25) is 0 Å². The van der Waals surface area contributed by atoms with Crippen molar-refractivity contribution in [1.29, 1.82) is 5.26 Å². The average Bonchev–Trinajstić information content (AvgIpc) is 2.52. The normalized spacial score (nSPS) is 10.3. The standard InChI is InChI=1S/C10H14N2O/c1-8(2)6-12-7-10-4-3-9(5-11)13-10/h3-4,8,12H,6-7H2,1-2H3. The second kappa shape index (κ2) is 4.68. The summed E-state index contributed by atoms with van der Waals surface area (Å²) in [5.41, 5.74) is 0. The molecule has 3 nitrogen and oxygen atoms in total. The Morgan fingerprint density at radius 3 is 2.85 bits per heavy atom. The van der Waals surface area contributed by atoms with Gasteiger partial charge in [0.25, 0.3) is 0 Å². The van der Waals surface area contributed by atoms with Gasteiger partial charge in [-0.2, -0.15) is 5.26 Å². The van der Waals surface area contributed by atoms with E-state index in [0.29, 0.717) is 18.2 Å². The number of furan rings is 1. The van der Waals surface area contributed by atoms with Crippen LogP contribution in [0.4, 0.5) is 0 Å². The lowest BCUT2D eigenvalue weighted by atomic mass is 10.2. The minimum absolute atomic E-state index is 0.376. The van der Waals surface area contributed by atoms with Crippen LogP contribution in [-0.2, 0) is 6.54 Å². The van der Waals surface area contributed by atoms with E-state index in [-0.39, 0.29) is 0 Å². The summed E-state index contributed by atoms with van der Waals surface area (Å²) >= 11 is 0. The van der Waals surface area contributed by atoms with Crippen molar-refractivity contribution in [2.45, 2.75) is 20.4 Å². The predicted molar refractivity (Wildman–Crippen MR) is 50.0 cm³/mol. The third kappa shape index (κ3) is 3.30. The summed E-state index contributed by atoms with van der Waals surface area (Å²) in [6.07, 6.45) is 0. The van der Waals surface area contributed by atoms with Crippen LogP contribution in [0.15, 0.2) is 16.5 Å². The summed E-state index contributed by atoms with van der Waals surface area (Å²) < 4.78 is 5.19. The molecule has 1 heterocycles. The molecule has 13 heavy (non-hydrogen) atoms. The van der Waals surface area contributed by atoms with Gasteiger partial charge in [0.2, 0.25) is 5.76 Å². The number of nitrogens with zero attached hydrogens (tertiary/aromatic N) is 1. The molecule has 0 aliphatic carbocycles. The maximum atomic E-state index is 8.50. The quantitative estimate of drug-likeness (QED) is 0.766. The molecule has 1 aromatic rings. The van der Waals surface area contributed by atoms with Gasteiger partial charge in [0.05, 0.1) is 6.54 Å². The third-order valence-corrected chi connectivity index (χ3v) is 1.62. The van der Waals surface area contributed by atoms with Gasteiger partial charge in [-0.15, -0.1) is 0 Å². The Morgan fingerprint density at radius 1 is 1.54 bits per heavy atom. The van der Waals surface area contributed by atoms with Crippen molar-refractivity contribution in [2.24, 2.45) is 5.92 Å². The van der Waals surface area contributed by atoms with Gasteiger partial charge in [-0.1, -0.05) is 13.8 Å². The minimum atomic E-state index is 0.376. The molecule has 0 aliphatic heterocycles. The highest BCUT2D eigenvalue weighted by molar-refractivity contribution is 5.18. The van der Waals surface area contributed by atoms with E-state index in [2.05, 4.69) is 19.2 Å². The molecule has 0 atom stereocenters. The van der Waals surface area contributed by atoms with E-state index in [0.717, 1.165) is 12.3 Å². The fourth-order valence-corrected chi connectivity index (χ4v) is 1.02. The van der Waals surface area contributed by atoms with Crippen LogP contribution in [0, 0.1) is 17.2 Å². The summed E-state index contributed by atoms with van der Waals surface area (Å²) in [6.45, 7) is 5.95. The van der Waals surface area contributed by atoms with Crippen LogP contribution in [-0.4, -0.2) is 6.54 Å². The van der Waals surface area contributed by atoms with Crippen LogP contribution >= 0.6 is 0 Å². The maximum absolute atomic E-state index is 8.50. The van der Waals surface area contributed by atoms with Gasteiger partial charge < -0.3 is 9.73 Å². The number of hydrogen-bond acceptors (Lipinski definition) is 3. The lowest BCUT2D eigenvalue weighted by Gasteiger charge is -2.04. The molecule has 1 N–H and O–H groups in total. The van der Waals surface area contributed by atoms with Crippen LogP contribution in [0.1, 0.15) is 25.4 Å². The molecule has 0 radical (unpaired) electrons. The highest BCUT2D eigenvalue weighted by Gasteiger charge is 2.00. The Balaban J connectivity index is 2.34. The molecule has 0 aromatic carbocycles. The van der Waals surface area contributed by atoms with Gasteiger partial charge in [0.15, 0.2) is 0 Å². The summed E-state index contributed by atoms with van der Waals surface area (Å²) in [5, 5.41) is 11.7. The first-order valence-electron chi connectivity index (χ1n) is 4.42. The van der Waals surface area contributed by atoms with E-state index in [4.69, 9.17) is 9.68 Å². The van der Waals surface area contributed by atoms with Crippen LogP contribution < -0.4 is 5.32 Å². The SMILES string of the molecule is CC(C)CNCc1ccc(C#N)o1. The second-order valence-electron chi connectivity index (χ2n) is 3.40. The highest BCUT2D eigenvalue weighted by Crippen LogP contribution is 2.05. The molecule has 0 saturated carbocycles. The number of nitriles is 1. The zero-order valence-electron chi connectivity index (χ0n) is 8.00. The summed E-state index contributed by atoms with van der Waals surface area (Å²) in [7, 11) is 0. The number of rotatable bonds is 4. The number of nitrogens with one attached hydrogen (secondary N) is 1. The zero-order chi connectivity index (χ0) is 9.68. The third-order valence-electron chi connectivity index (χ3n) is 1.62. The molecule has 1 aromatic heterocycles. The van der Waals surface area contributed by atoms with Gasteiger partial charge in [0.1, 0.15) is 11.8 Å². The molecule has 3 heteroatoms. The summed E-state index contributed by atoms with van der Waals surface area (Å²) in [5.74, 6) is 1.82. The molecule has 0 unspecified atom stereocenters. The molecule has 1 rings (SSSR count). The maximum Gasteiger partial charge on any atom is 0.203 e. The van der Waals surface area contributed by atoms with Gasteiger partial charge in [0, 0.05) is 0 Å². The van der Waals surface area contributed by atoms with E-state index in [1.165, 1.54) is 0 Å². The Kier molecular flexibility index (Phi) is 3.53. The lowest BCUT2D eigenvalue weighted by molar-refractivity contribution is 0.458. The predicted octanol–water partition coefficient (Wildman–Crippen LogP) is 1.90. The molecular weight excluding hydrogens is 164 g/mol. The Bertz CT molecular complexity index is 296. The van der Waals surface area contributed by atoms with Crippen LogP contribution in [0.25, 0.3) is 0 Å². The van der Waals surface area contributed by atoms with Gasteiger partial charge >= 0.3 is 0 Å². The molecular formula is C10H14N2O. The van der Waals surface area contributed by atoms with Crippen molar-refractivity contribution in [3.63, 3.8) is 0 Å². The number of hydrogen-bond donors (Lipinski definition) is 1. The molecule has 0 aliphatic rings. The zero-order valence-corrected chi connectivity index (χ0v) is 8.00. The first-order chi connectivity index (χ1) is 6.22. The van der Waals surface area contributed by atoms with Crippen molar-refractivity contribution in [2.75, 3.05) is 6.54 Å². The van der Waals surface area contributed by atoms with Crippen molar-refractivity contribution in [1.82, 2.24) is 5.32 Å². The van der Waals surface area contributed by atoms with E-state index in [1.807, 2.05) is 12.1 Å². The molecule has 0 spiro atoms. The fraction of sp³-hybridized carbons (Fsp3) is 0.500. The van der Waals surface area contributed by atoms with E-state index in [9.17, 15) is 0 Å². The van der Waals surface area contributed by atoms with E-state index < -0.39 is 0 Å². The first-order valence-corrected chi connectivity index (χ1v) is 4.42. The molecule has 0 fully saturated rings. The van der Waals surface area contributed by atoms with Crippen molar-refractivity contribution in [3.05, 3.63) is 23.7 Å². The van der Waals surface area contributed by atoms with E-state index in [1.54, 1.807) is 6.07 Å². The average molecular weight is 178 g/mol. The van der Waals surface area contributed by atoms with Crippen LogP contribution in [0.3, 0.4) is 0 Å². The molecule has 70 valence electrons. The highest BCUT2D eigenvalue weighted by atomic mass is 16.3. The Hall–Kier alpha value is -1.27. The summed E-state index contributed by atoms with van der Waals surface area (Å²) in [6, 6.07) is 5.46. The van der Waals surface area contributed by atoms with Crippen LogP contribution in [0.5, 0.6) is 0 Å². The minimum Gasteiger partial charge on any atom is -0.449 e. The largest absolute Gasteiger partial charge is 0.449 e. The monoisotopic (exact) mass is 178 g/mol. The van der Waals surface area contributed by atoms with Gasteiger partial charge in [-0.05, 0) is 24.6 Å². The van der Waals surface area contributed by atoms with Gasteiger partial charge in [-0.25, -0.2) is 0 Å². The summed E-state index contributed by atoms with van der Waals surface area (Å²) in [4.78, 5) is 0.